The maximum atomic E-state index is 11.8. The van der Waals surface area contributed by atoms with Crippen LogP contribution in [0.3, 0.4) is 0 Å². The molecular formula is C18H22N2O2. The molecule has 116 valence electrons. The summed E-state index contributed by atoms with van der Waals surface area (Å²) in [6.07, 6.45) is -0.0900. The third-order valence-corrected chi connectivity index (χ3v) is 3.65. The summed E-state index contributed by atoms with van der Waals surface area (Å²) in [5.41, 5.74) is 3.96. The molecule has 0 aliphatic rings. The lowest BCUT2D eigenvalue weighted by molar-refractivity contribution is 0.167. The summed E-state index contributed by atoms with van der Waals surface area (Å²) in [6, 6.07) is 15.0. The summed E-state index contributed by atoms with van der Waals surface area (Å²) in [5, 5.41) is 15.6. The van der Waals surface area contributed by atoms with Gasteiger partial charge in [-0.15, -0.1) is 0 Å². The van der Waals surface area contributed by atoms with Crippen molar-refractivity contribution in [3.63, 3.8) is 0 Å². The van der Waals surface area contributed by atoms with E-state index in [9.17, 15) is 9.90 Å². The van der Waals surface area contributed by atoms with Crippen molar-refractivity contribution in [1.29, 1.82) is 0 Å². The zero-order chi connectivity index (χ0) is 15.9. The van der Waals surface area contributed by atoms with Gasteiger partial charge in [0.1, 0.15) is 0 Å². The molecule has 3 N–H and O–H groups in total. The normalized spacial score (nSPS) is 11.8. The fourth-order valence-electron chi connectivity index (χ4n) is 2.16. The lowest BCUT2D eigenvalue weighted by Crippen LogP contribution is -2.30. The second kappa shape index (κ2) is 7.61. The maximum Gasteiger partial charge on any atom is 0.319 e. The quantitative estimate of drug-likeness (QED) is 0.790. The van der Waals surface area contributed by atoms with Crippen molar-refractivity contribution in [2.45, 2.75) is 26.4 Å². The van der Waals surface area contributed by atoms with E-state index in [-0.39, 0.29) is 6.03 Å². The van der Waals surface area contributed by atoms with Crippen molar-refractivity contribution in [1.82, 2.24) is 5.32 Å². The lowest BCUT2D eigenvalue weighted by atomic mass is 10.1. The van der Waals surface area contributed by atoms with Crippen LogP contribution in [-0.4, -0.2) is 17.7 Å². The first-order chi connectivity index (χ1) is 10.6. The number of carbonyl (C=O) groups excluding carboxylic acids is 1. The number of urea groups is 1. The number of benzene rings is 2. The van der Waals surface area contributed by atoms with E-state index in [2.05, 4.69) is 10.6 Å². The van der Waals surface area contributed by atoms with E-state index in [4.69, 9.17) is 0 Å². The van der Waals surface area contributed by atoms with Crippen molar-refractivity contribution in [3.05, 3.63) is 65.2 Å². The number of nitrogens with one attached hydrogen (secondary N) is 2. The number of rotatable bonds is 5. The van der Waals surface area contributed by atoms with Gasteiger partial charge in [0.25, 0.3) is 0 Å². The minimum absolute atomic E-state index is 0.261. The Labute approximate surface area is 131 Å². The van der Waals surface area contributed by atoms with Crippen molar-refractivity contribution in [3.8, 4) is 0 Å². The van der Waals surface area contributed by atoms with Crippen LogP contribution in [0.4, 0.5) is 10.5 Å². The van der Waals surface area contributed by atoms with Crippen LogP contribution in [0.1, 0.15) is 29.2 Å². The van der Waals surface area contributed by atoms with Crippen molar-refractivity contribution in [2.75, 3.05) is 11.9 Å². The number of anilines is 1. The van der Waals surface area contributed by atoms with Crippen LogP contribution in [0.2, 0.25) is 0 Å². The lowest BCUT2D eigenvalue weighted by Gasteiger charge is -2.12. The second-order valence-corrected chi connectivity index (χ2v) is 5.40. The molecule has 0 aliphatic heterocycles. The fourth-order valence-corrected chi connectivity index (χ4v) is 2.16. The molecule has 1 unspecified atom stereocenters. The van der Waals surface area contributed by atoms with Gasteiger partial charge in [-0.05, 0) is 49.1 Å². The molecule has 0 saturated carbocycles. The highest BCUT2D eigenvalue weighted by molar-refractivity contribution is 5.89. The van der Waals surface area contributed by atoms with Crippen molar-refractivity contribution >= 4 is 11.7 Å². The van der Waals surface area contributed by atoms with Gasteiger partial charge < -0.3 is 15.7 Å². The number of amides is 2. The van der Waals surface area contributed by atoms with E-state index in [0.717, 1.165) is 16.8 Å². The molecule has 0 heterocycles. The Hall–Kier alpha value is -2.33. The Bertz CT molecular complexity index is 626. The van der Waals surface area contributed by atoms with Crippen LogP contribution in [0.15, 0.2) is 48.5 Å². The smallest absolute Gasteiger partial charge is 0.319 e. The van der Waals surface area contributed by atoms with Gasteiger partial charge >= 0.3 is 6.03 Å². The van der Waals surface area contributed by atoms with Gasteiger partial charge in [-0.3, -0.25) is 0 Å². The van der Waals surface area contributed by atoms with E-state index in [1.54, 1.807) is 0 Å². The summed E-state index contributed by atoms with van der Waals surface area (Å²) in [4.78, 5) is 11.8. The number of hydrogen-bond acceptors (Lipinski definition) is 2. The molecule has 0 aromatic heterocycles. The molecule has 1 atom stereocenters. The van der Waals surface area contributed by atoms with Gasteiger partial charge in [0, 0.05) is 12.2 Å². The maximum absolute atomic E-state index is 11.8. The highest BCUT2D eigenvalue weighted by atomic mass is 16.3. The number of aryl methyl sites for hydroxylation is 2. The zero-order valence-corrected chi connectivity index (χ0v) is 13.0. The molecule has 0 bridgehead atoms. The number of hydrogen-bond donors (Lipinski definition) is 3. The third-order valence-electron chi connectivity index (χ3n) is 3.65. The molecule has 2 rings (SSSR count). The minimum atomic E-state index is -0.567. The van der Waals surface area contributed by atoms with Gasteiger partial charge in [0.2, 0.25) is 0 Å². The Kier molecular flexibility index (Phi) is 5.55. The first kappa shape index (κ1) is 16.0. The fraction of sp³-hybridized carbons (Fsp3) is 0.278. The molecule has 2 aromatic rings. The van der Waals surface area contributed by atoms with Crippen LogP contribution < -0.4 is 10.6 Å². The summed E-state index contributed by atoms with van der Waals surface area (Å²) >= 11 is 0. The summed E-state index contributed by atoms with van der Waals surface area (Å²) in [6.45, 7) is 4.45. The first-order valence-corrected chi connectivity index (χ1v) is 7.41. The van der Waals surface area contributed by atoms with E-state index < -0.39 is 6.10 Å². The molecule has 4 nitrogen and oxygen atoms in total. The average molecular weight is 298 g/mol. The van der Waals surface area contributed by atoms with Gasteiger partial charge in [-0.25, -0.2) is 4.79 Å². The first-order valence-electron chi connectivity index (χ1n) is 7.41. The van der Waals surface area contributed by atoms with Crippen LogP contribution in [0.25, 0.3) is 0 Å². The van der Waals surface area contributed by atoms with Crippen molar-refractivity contribution in [2.24, 2.45) is 0 Å². The summed E-state index contributed by atoms with van der Waals surface area (Å²) < 4.78 is 0. The molecule has 4 heteroatoms. The average Bonchev–Trinajstić information content (AvgIpc) is 2.51. The van der Waals surface area contributed by atoms with Gasteiger partial charge in [-0.2, -0.15) is 0 Å². The number of aliphatic hydroxyl groups excluding tert-OH is 1. The molecule has 2 aromatic carbocycles. The molecule has 0 spiro atoms. The molecule has 2 amide bonds. The highest BCUT2D eigenvalue weighted by Crippen LogP contribution is 2.15. The van der Waals surface area contributed by atoms with Crippen LogP contribution in [-0.2, 0) is 0 Å². The van der Waals surface area contributed by atoms with Crippen LogP contribution in [0, 0.1) is 13.8 Å². The monoisotopic (exact) mass is 298 g/mol. The zero-order valence-electron chi connectivity index (χ0n) is 13.0. The second-order valence-electron chi connectivity index (χ2n) is 5.40. The predicted molar refractivity (Wildman–Crippen MR) is 89.0 cm³/mol. The van der Waals surface area contributed by atoms with Crippen molar-refractivity contribution < 1.29 is 9.90 Å². The van der Waals surface area contributed by atoms with E-state index in [1.165, 1.54) is 5.56 Å². The standard InChI is InChI=1S/C18H22N2O2/c1-13-8-9-16(12-14(13)2)20-18(22)19-11-10-17(21)15-6-4-3-5-7-15/h3-9,12,17,21H,10-11H2,1-2H3,(H2,19,20,22). The molecule has 0 saturated heterocycles. The molecule has 0 fully saturated rings. The molecule has 0 aliphatic carbocycles. The topological polar surface area (TPSA) is 61.4 Å². The molecular weight excluding hydrogens is 276 g/mol. The van der Waals surface area contributed by atoms with E-state index in [1.807, 2.05) is 62.4 Å². The van der Waals surface area contributed by atoms with E-state index in [0.29, 0.717) is 13.0 Å². The number of aliphatic hydroxyl groups is 1. The summed E-state index contributed by atoms with van der Waals surface area (Å²) in [5.74, 6) is 0. The van der Waals surface area contributed by atoms with Gasteiger partial charge in [0.05, 0.1) is 6.10 Å². The Balaban J connectivity index is 1.77. The highest BCUT2D eigenvalue weighted by Gasteiger charge is 2.08. The van der Waals surface area contributed by atoms with Gasteiger partial charge in [-0.1, -0.05) is 36.4 Å². The van der Waals surface area contributed by atoms with Crippen LogP contribution in [0.5, 0.6) is 0 Å². The SMILES string of the molecule is Cc1ccc(NC(=O)NCCC(O)c2ccccc2)cc1C. The Morgan fingerprint density at radius 2 is 1.82 bits per heavy atom. The van der Waals surface area contributed by atoms with Crippen LogP contribution >= 0.6 is 0 Å². The molecule has 22 heavy (non-hydrogen) atoms. The predicted octanol–water partition coefficient (Wildman–Crippen LogP) is 3.55. The summed E-state index contributed by atoms with van der Waals surface area (Å²) in [7, 11) is 0. The third kappa shape index (κ3) is 4.60. The van der Waals surface area contributed by atoms with E-state index >= 15 is 0 Å². The minimum Gasteiger partial charge on any atom is -0.388 e. The largest absolute Gasteiger partial charge is 0.388 e. The molecule has 0 radical (unpaired) electrons. The van der Waals surface area contributed by atoms with Gasteiger partial charge in [0.15, 0.2) is 0 Å². The number of carbonyl (C=O) groups is 1. The Morgan fingerprint density at radius 1 is 1.09 bits per heavy atom. The Morgan fingerprint density at radius 3 is 2.50 bits per heavy atom.